The first-order chi connectivity index (χ1) is 40.9. The van der Waals surface area contributed by atoms with Crippen LogP contribution in [0.5, 0.6) is 0 Å². The van der Waals surface area contributed by atoms with Gasteiger partial charge in [0, 0.05) is 67.5 Å². The first-order valence-electron chi connectivity index (χ1n) is 28.6. The van der Waals surface area contributed by atoms with Gasteiger partial charge >= 0.3 is 0 Å². The van der Waals surface area contributed by atoms with Crippen LogP contribution in [0.2, 0.25) is 0 Å². The Morgan fingerprint density at radius 2 is 1.00 bits per heavy atom. The molecule has 86 heavy (non-hydrogen) atoms. The highest BCUT2D eigenvalue weighted by Gasteiger charge is 2.47. The maximum atomic E-state index is 17.1. The number of rotatable bonds is 7. The molecule has 8 aromatic rings. The van der Waals surface area contributed by atoms with Crippen LogP contribution in [0.4, 0.5) is 49.1 Å². The van der Waals surface area contributed by atoms with E-state index in [1.165, 1.54) is 81.9 Å². The van der Waals surface area contributed by atoms with E-state index in [9.17, 15) is 28.4 Å². The van der Waals surface area contributed by atoms with Crippen molar-refractivity contribution in [3.8, 4) is 33.6 Å². The van der Waals surface area contributed by atoms with Crippen LogP contribution >= 0.6 is 0 Å². The second-order valence-electron chi connectivity index (χ2n) is 23.4. The van der Waals surface area contributed by atoms with Gasteiger partial charge in [0.15, 0.2) is 11.6 Å². The molecule has 0 spiro atoms. The lowest BCUT2D eigenvalue weighted by atomic mass is 9.89. The van der Waals surface area contributed by atoms with E-state index < -0.39 is 81.2 Å². The average Bonchev–Trinajstić information content (AvgIpc) is 0.719. The SMILES string of the molecule is C=CC(=O)N1C[C@@H]2C(=O)N(C)c3c(c4cc(F)c(-c5ccccc5F)c(F)c4n(-c4c(C)ccnc4C(C)C)c3=O)N2C[C@H]1C.Cc1ccnc(C(C)C)c1-n1c(=O)c2c(c3cc(F)c(-c4ccccc4F)c(F)c31)N1C[C@@H](C)CC[C@@H]1C(=O)N2C. The van der Waals surface area contributed by atoms with Crippen molar-refractivity contribution in [2.75, 3.05) is 53.3 Å². The van der Waals surface area contributed by atoms with Gasteiger partial charge in [-0.05, 0) is 105 Å². The summed E-state index contributed by atoms with van der Waals surface area (Å²) in [7, 11) is 2.97. The molecular weight excluding hydrogens is 1110 g/mol. The van der Waals surface area contributed by atoms with Gasteiger partial charge in [-0.3, -0.25) is 43.1 Å². The van der Waals surface area contributed by atoms with Crippen LogP contribution in [0.15, 0.2) is 107 Å². The number of benzene rings is 4. The molecule has 4 aromatic heterocycles. The first-order valence-corrected chi connectivity index (χ1v) is 28.6. The predicted octanol–water partition coefficient (Wildman–Crippen LogP) is 12.0. The molecule has 12 rings (SSSR count). The van der Waals surface area contributed by atoms with Crippen molar-refractivity contribution < 1.29 is 40.7 Å². The van der Waals surface area contributed by atoms with E-state index in [1.807, 2.05) is 39.5 Å². The molecule has 0 saturated carbocycles. The lowest BCUT2D eigenvalue weighted by molar-refractivity contribution is -0.130. The monoisotopic (exact) mass is 1180 g/mol. The van der Waals surface area contributed by atoms with Crippen molar-refractivity contribution in [2.45, 2.75) is 98.2 Å². The van der Waals surface area contributed by atoms with Crippen molar-refractivity contribution >= 4 is 62.3 Å². The number of halogens is 6. The summed E-state index contributed by atoms with van der Waals surface area (Å²) >= 11 is 0. The summed E-state index contributed by atoms with van der Waals surface area (Å²) in [6.07, 6.45) is 5.76. The fraction of sp³-hybridized carbons (Fsp3) is 0.318. The van der Waals surface area contributed by atoms with Crippen LogP contribution < -0.4 is 30.7 Å². The third-order valence-corrected chi connectivity index (χ3v) is 17.2. The largest absolute Gasteiger partial charge is 0.357 e. The molecule has 0 unspecified atom stereocenters. The van der Waals surface area contributed by atoms with Crippen molar-refractivity contribution in [1.82, 2.24) is 24.0 Å². The van der Waals surface area contributed by atoms with Gasteiger partial charge in [0.2, 0.25) is 11.8 Å². The van der Waals surface area contributed by atoms with Gasteiger partial charge in [-0.15, -0.1) is 0 Å². The molecule has 3 amide bonds. The van der Waals surface area contributed by atoms with Gasteiger partial charge in [0.1, 0.15) is 46.7 Å². The average molecular weight is 1180 g/mol. The number of hydrogen-bond donors (Lipinski definition) is 0. The molecule has 0 bridgehead atoms. The fourth-order valence-electron chi connectivity index (χ4n) is 13.1. The number of carbonyl (C=O) groups is 3. The Labute approximate surface area is 492 Å². The van der Waals surface area contributed by atoms with Crippen LogP contribution in [0.25, 0.3) is 55.4 Å². The third-order valence-electron chi connectivity index (χ3n) is 17.2. The lowest BCUT2D eigenvalue weighted by Gasteiger charge is -2.50. The highest BCUT2D eigenvalue weighted by atomic mass is 19.2. The van der Waals surface area contributed by atoms with Gasteiger partial charge in [0.05, 0.1) is 62.8 Å². The van der Waals surface area contributed by atoms with Crippen LogP contribution in [-0.2, 0) is 14.4 Å². The van der Waals surface area contributed by atoms with Crippen LogP contribution in [0.3, 0.4) is 0 Å². The van der Waals surface area contributed by atoms with Gasteiger partial charge in [0.25, 0.3) is 17.0 Å². The maximum absolute atomic E-state index is 17.1. The zero-order chi connectivity index (χ0) is 61.8. The summed E-state index contributed by atoms with van der Waals surface area (Å²) in [5.41, 5.74) is -0.0689. The summed E-state index contributed by atoms with van der Waals surface area (Å²) in [6.45, 7) is 19.1. The Bertz CT molecular complexity index is 4330. The van der Waals surface area contributed by atoms with E-state index in [0.717, 1.165) is 29.2 Å². The molecule has 4 atom stereocenters. The van der Waals surface area contributed by atoms with Crippen LogP contribution in [0, 0.1) is 54.7 Å². The quantitative estimate of drug-likeness (QED) is 0.113. The summed E-state index contributed by atoms with van der Waals surface area (Å²) in [5.74, 6) is -6.97. The van der Waals surface area contributed by atoms with Crippen molar-refractivity contribution in [3.05, 3.63) is 176 Å². The van der Waals surface area contributed by atoms with Crippen molar-refractivity contribution in [1.29, 1.82) is 0 Å². The fourth-order valence-corrected chi connectivity index (χ4v) is 13.1. The van der Waals surface area contributed by atoms with E-state index in [4.69, 9.17) is 0 Å². The number of hydrogen-bond acceptors (Lipinski definition) is 9. The molecular formula is C66H63F6N9O5. The molecule has 0 aliphatic carbocycles. The Morgan fingerprint density at radius 1 is 0.570 bits per heavy atom. The standard InChI is InChI=1S/C34H32F3N5O3.C32H31F3N4O2/c1-7-25(43)40-16-24-33(44)39(6)32-31(41(24)15-19(40)5)21-14-23(36)26(20-10-8-9-11-22(20)35)27(37)30(21)42(34(32)45)29-18(4)12-13-38-28(29)17(2)3;1-16(2)26-27(18(4)12-13-36-26)39-28-20(14-22(34)24(25(28)35)19-8-6-7-9-21(19)33)29-30(32(39)41)37(5)31(40)23-11-10-17(3)15-38(23)29/h7-14,17,19,24H,1,15-16H2,2-6H3;6-9,12-14,16-17,23H,10-11,15H2,1-5H3/t19-,24-;17-,23+/m10/s1. The van der Waals surface area contributed by atoms with Gasteiger partial charge in [-0.25, -0.2) is 26.3 Å². The molecule has 0 N–H and O–H groups in total. The number of aryl methyl sites for hydroxylation is 2. The minimum absolute atomic E-state index is 0.0172. The van der Waals surface area contributed by atoms with E-state index in [-0.39, 0.29) is 92.7 Å². The van der Waals surface area contributed by atoms with Crippen molar-refractivity contribution in [2.24, 2.45) is 5.92 Å². The summed E-state index contributed by atoms with van der Waals surface area (Å²) < 4.78 is 98.5. The van der Waals surface area contributed by atoms with Gasteiger partial charge in [-0.2, -0.15) is 0 Å². The second kappa shape index (κ2) is 22.1. The number of pyridine rings is 4. The predicted molar refractivity (Wildman–Crippen MR) is 322 cm³/mol. The second-order valence-corrected chi connectivity index (χ2v) is 23.4. The summed E-state index contributed by atoms with van der Waals surface area (Å²) in [4.78, 5) is 85.9. The number of nitrogens with zero attached hydrogens (tertiary/aromatic N) is 9. The molecule has 20 heteroatoms. The molecule has 2 saturated heterocycles. The Morgan fingerprint density at radius 3 is 1.43 bits per heavy atom. The van der Waals surface area contributed by atoms with E-state index in [2.05, 4.69) is 16.5 Å². The third kappa shape index (κ3) is 9.12. The zero-order valence-electron chi connectivity index (χ0n) is 49.2. The van der Waals surface area contributed by atoms with Crippen molar-refractivity contribution in [3.63, 3.8) is 0 Å². The molecule has 4 aliphatic rings. The minimum atomic E-state index is -1.13. The molecule has 444 valence electrons. The number of piperazine rings is 1. The summed E-state index contributed by atoms with van der Waals surface area (Å²) in [6, 6.07) is 14.5. The molecule has 4 aromatic carbocycles. The lowest BCUT2D eigenvalue weighted by Crippen LogP contribution is -2.66. The van der Waals surface area contributed by atoms with Crippen LogP contribution in [-0.4, -0.2) is 93.6 Å². The molecule has 2 fully saturated rings. The molecule has 8 heterocycles. The number of carbonyl (C=O) groups excluding carboxylic acids is 3. The Hall–Kier alpha value is -9.07. The highest BCUT2D eigenvalue weighted by Crippen LogP contribution is 2.48. The Kier molecular flexibility index (Phi) is 15.1. The van der Waals surface area contributed by atoms with Gasteiger partial charge in [-0.1, -0.05) is 77.6 Å². The number of anilines is 4. The Balaban J connectivity index is 0.000000179. The topological polar surface area (TPSA) is 137 Å². The first kappa shape index (κ1) is 58.7. The number of fused-ring (bicyclic) bond motifs is 10. The molecule has 14 nitrogen and oxygen atoms in total. The van der Waals surface area contributed by atoms with E-state index in [0.29, 0.717) is 52.5 Å². The molecule has 4 aliphatic heterocycles. The number of aromatic nitrogens is 4. The summed E-state index contributed by atoms with van der Waals surface area (Å²) in [5, 5.41) is 0.170. The zero-order valence-corrected chi connectivity index (χ0v) is 49.2. The number of likely N-dealkylation sites (N-methyl/N-ethyl adjacent to an activating group) is 2. The number of amides is 3. The highest BCUT2D eigenvalue weighted by molar-refractivity contribution is 6.14. The smallest absolute Gasteiger partial charge is 0.281 e. The van der Waals surface area contributed by atoms with Crippen LogP contribution in [0.1, 0.15) is 88.7 Å². The minimum Gasteiger partial charge on any atom is -0.357 e. The normalized spacial score (nSPS) is 18.3. The maximum Gasteiger partial charge on any atom is 0.281 e. The number of piperidine rings is 1. The molecule has 0 radical (unpaired) electrons. The van der Waals surface area contributed by atoms with E-state index in [1.54, 1.807) is 50.2 Å². The van der Waals surface area contributed by atoms with E-state index >= 15 is 22.0 Å². The van der Waals surface area contributed by atoms with Gasteiger partial charge < -0.3 is 24.5 Å².